The van der Waals surface area contributed by atoms with E-state index in [4.69, 9.17) is 0 Å². The van der Waals surface area contributed by atoms with Gasteiger partial charge < -0.3 is 15.4 Å². The number of nitrogens with one attached hydrogen (secondary N) is 2. The van der Waals surface area contributed by atoms with Crippen molar-refractivity contribution in [1.82, 2.24) is 4.98 Å². The zero-order valence-electron chi connectivity index (χ0n) is 10.2. The van der Waals surface area contributed by atoms with Gasteiger partial charge in [-0.15, -0.1) is 0 Å². The summed E-state index contributed by atoms with van der Waals surface area (Å²) in [5.41, 5.74) is 1.51. The van der Waals surface area contributed by atoms with Gasteiger partial charge in [0.1, 0.15) is 5.69 Å². The van der Waals surface area contributed by atoms with Crippen LogP contribution in [0.25, 0.3) is 10.9 Å². The van der Waals surface area contributed by atoms with Crippen molar-refractivity contribution in [2.45, 2.75) is 26.3 Å². The minimum atomic E-state index is -0.951. The molecule has 0 atom stereocenters. The average Bonchev–Trinajstić information content (AvgIpc) is 2.55. The van der Waals surface area contributed by atoms with Gasteiger partial charge in [-0.1, -0.05) is 18.2 Å². The highest BCUT2D eigenvalue weighted by molar-refractivity contribution is 6.05. The van der Waals surface area contributed by atoms with E-state index in [-0.39, 0.29) is 11.2 Å². The number of hydrogen-bond donors (Lipinski definition) is 3. The minimum Gasteiger partial charge on any atom is -0.477 e. The number of carboxylic acid groups (broad SMARTS) is 1. The molecule has 1 heterocycles. The third kappa shape index (κ3) is 2.25. The molecule has 1 aromatic carbocycles. The van der Waals surface area contributed by atoms with Crippen LogP contribution in [0.5, 0.6) is 0 Å². The minimum absolute atomic E-state index is 0.185. The lowest BCUT2D eigenvalue weighted by Crippen LogP contribution is -2.27. The van der Waals surface area contributed by atoms with Gasteiger partial charge in [-0.2, -0.15) is 0 Å². The van der Waals surface area contributed by atoms with Crippen LogP contribution in [0, 0.1) is 0 Å². The molecular weight excluding hydrogens is 216 g/mol. The molecule has 0 aliphatic rings. The number of aromatic carboxylic acids is 1. The average molecular weight is 232 g/mol. The smallest absolute Gasteiger partial charge is 0.354 e. The Morgan fingerprint density at radius 3 is 2.53 bits per heavy atom. The Hall–Kier alpha value is -1.97. The lowest BCUT2D eigenvalue weighted by molar-refractivity contribution is 0.0692. The van der Waals surface area contributed by atoms with Crippen LogP contribution in [0.1, 0.15) is 31.3 Å². The van der Waals surface area contributed by atoms with E-state index in [1.54, 1.807) is 0 Å². The van der Waals surface area contributed by atoms with E-state index < -0.39 is 5.97 Å². The van der Waals surface area contributed by atoms with Gasteiger partial charge in [-0.3, -0.25) is 0 Å². The molecule has 0 unspecified atom stereocenters. The number of benzene rings is 1. The Labute approximate surface area is 99.7 Å². The Balaban J connectivity index is 2.64. The van der Waals surface area contributed by atoms with E-state index in [2.05, 4.69) is 10.3 Å². The summed E-state index contributed by atoms with van der Waals surface area (Å²) in [5.74, 6) is -0.951. The number of para-hydroxylation sites is 1. The molecule has 0 bridgehead atoms. The van der Waals surface area contributed by atoms with Crippen LogP contribution in [0.15, 0.2) is 24.3 Å². The maximum absolute atomic E-state index is 11.2. The Bertz CT molecular complexity index is 564. The predicted octanol–water partition coefficient (Wildman–Crippen LogP) is 3.08. The maximum atomic E-state index is 11.2. The Morgan fingerprint density at radius 2 is 1.94 bits per heavy atom. The maximum Gasteiger partial charge on any atom is 0.354 e. The van der Waals surface area contributed by atoms with Gasteiger partial charge in [0.25, 0.3) is 0 Å². The van der Waals surface area contributed by atoms with Crippen LogP contribution >= 0.6 is 0 Å². The summed E-state index contributed by atoms with van der Waals surface area (Å²) in [6.07, 6.45) is 0. The van der Waals surface area contributed by atoms with Crippen molar-refractivity contribution in [2.75, 3.05) is 5.32 Å². The number of rotatable bonds is 2. The Morgan fingerprint density at radius 1 is 1.29 bits per heavy atom. The molecular formula is C13H16N2O2. The Kier molecular flexibility index (Phi) is 2.58. The normalized spacial score (nSPS) is 11.7. The molecule has 0 aliphatic carbocycles. The van der Waals surface area contributed by atoms with Crippen molar-refractivity contribution >= 4 is 22.6 Å². The number of anilines is 1. The van der Waals surface area contributed by atoms with Gasteiger partial charge in [0.2, 0.25) is 0 Å². The SMILES string of the molecule is CC(C)(C)Nc1c(C(=O)O)[nH]c2ccccc12. The molecule has 0 saturated carbocycles. The first-order chi connectivity index (χ1) is 7.88. The van der Waals surface area contributed by atoms with Crippen molar-refractivity contribution in [3.8, 4) is 0 Å². The van der Waals surface area contributed by atoms with Crippen molar-refractivity contribution in [3.63, 3.8) is 0 Å². The fourth-order valence-corrected chi connectivity index (χ4v) is 1.81. The molecule has 1 aromatic heterocycles. The van der Waals surface area contributed by atoms with E-state index in [9.17, 15) is 9.90 Å². The van der Waals surface area contributed by atoms with Crippen LogP contribution in [0.2, 0.25) is 0 Å². The van der Waals surface area contributed by atoms with E-state index >= 15 is 0 Å². The highest BCUT2D eigenvalue weighted by Gasteiger charge is 2.20. The molecule has 0 spiro atoms. The molecule has 0 amide bonds. The van der Waals surface area contributed by atoms with Gasteiger partial charge in [0.15, 0.2) is 0 Å². The lowest BCUT2D eigenvalue weighted by atomic mass is 10.1. The lowest BCUT2D eigenvalue weighted by Gasteiger charge is -2.22. The molecule has 3 N–H and O–H groups in total. The summed E-state index contributed by atoms with van der Waals surface area (Å²) in [6, 6.07) is 7.56. The standard InChI is InChI=1S/C13H16N2O2/c1-13(2,3)15-10-8-6-4-5-7-9(8)14-11(10)12(16)17/h4-7,14-15H,1-3H3,(H,16,17). The van der Waals surface area contributed by atoms with E-state index in [0.717, 1.165) is 10.9 Å². The van der Waals surface area contributed by atoms with Crippen molar-refractivity contribution < 1.29 is 9.90 Å². The second kappa shape index (κ2) is 3.80. The molecule has 0 radical (unpaired) electrons. The van der Waals surface area contributed by atoms with Crippen molar-refractivity contribution in [1.29, 1.82) is 0 Å². The summed E-state index contributed by atoms with van der Waals surface area (Å²) >= 11 is 0. The predicted molar refractivity (Wildman–Crippen MR) is 68.6 cm³/mol. The van der Waals surface area contributed by atoms with Crippen LogP contribution < -0.4 is 5.32 Å². The highest BCUT2D eigenvalue weighted by Crippen LogP contribution is 2.29. The quantitative estimate of drug-likeness (QED) is 0.745. The van der Waals surface area contributed by atoms with Crippen LogP contribution in [0.3, 0.4) is 0 Å². The highest BCUT2D eigenvalue weighted by atomic mass is 16.4. The van der Waals surface area contributed by atoms with E-state index in [1.165, 1.54) is 0 Å². The number of fused-ring (bicyclic) bond motifs is 1. The largest absolute Gasteiger partial charge is 0.477 e. The molecule has 0 fully saturated rings. The fraction of sp³-hybridized carbons (Fsp3) is 0.308. The fourth-order valence-electron chi connectivity index (χ4n) is 1.81. The summed E-state index contributed by atoms with van der Waals surface area (Å²) in [5, 5.41) is 13.3. The zero-order chi connectivity index (χ0) is 12.6. The summed E-state index contributed by atoms with van der Waals surface area (Å²) in [4.78, 5) is 14.1. The number of carbonyl (C=O) groups is 1. The van der Waals surface area contributed by atoms with Crippen LogP contribution in [-0.4, -0.2) is 21.6 Å². The molecule has 4 nitrogen and oxygen atoms in total. The number of aromatic nitrogens is 1. The monoisotopic (exact) mass is 232 g/mol. The first-order valence-electron chi connectivity index (χ1n) is 5.51. The molecule has 4 heteroatoms. The molecule has 0 saturated heterocycles. The molecule has 2 aromatic rings. The second-order valence-corrected chi connectivity index (χ2v) is 5.10. The summed E-state index contributed by atoms with van der Waals surface area (Å²) in [6.45, 7) is 6.00. The van der Waals surface area contributed by atoms with Crippen molar-refractivity contribution in [2.24, 2.45) is 0 Å². The third-order valence-electron chi connectivity index (χ3n) is 2.42. The van der Waals surface area contributed by atoms with Gasteiger partial charge in [0, 0.05) is 16.4 Å². The topological polar surface area (TPSA) is 65.1 Å². The summed E-state index contributed by atoms with van der Waals surface area (Å²) in [7, 11) is 0. The number of hydrogen-bond acceptors (Lipinski definition) is 2. The van der Waals surface area contributed by atoms with Gasteiger partial charge in [-0.05, 0) is 26.8 Å². The first kappa shape index (κ1) is 11.5. The van der Waals surface area contributed by atoms with Crippen LogP contribution in [-0.2, 0) is 0 Å². The molecule has 17 heavy (non-hydrogen) atoms. The molecule has 90 valence electrons. The van der Waals surface area contributed by atoms with Gasteiger partial charge in [0.05, 0.1) is 5.69 Å². The third-order valence-corrected chi connectivity index (χ3v) is 2.42. The van der Waals surface area contributed by atoms with Crippen molar-refractivity contribution in [3.05, 3.63) is 30.0 Å². The number of aromatic amines is 1. The van der Waals surface area contributed by atoms with Gasteiger partial charge in [-0.25, -0.2) is 4.79 Å². The van der Waals surface area contributed by atoms with E-state index in [0.29, 0.717) is 5.69 Å². The van der Waals surface area contributed by atoms with Crippen LogP contribution in [0.4, 0.5) is 5.69 Å². The molecule has 0 aliphatic heterocycles. The molecule has 2 rings (SSSR count). The van der Waals surface area contributed by atoms with Gasteiger partial charge >= 0.3 is 5.97 Å². The zero-order valence-corrected chi connectivity index (χ0v) is 10.2. The van der Waals surface area contributed by atoms with E-state index in [1.807, 2.05) is 45.0 Å². The summed E-state index contributed by atoms with van der Waals surface area (Å²) < 4.78 is 0. The number of H-pyrrole nitrogens is 1. The second-order valence-electron chi connectivity index (χ2n) is 5.10. The first-order valence-corrected chi connectivity index (χ1v) is 5.51. The number of carboxylic acids is 1.